The molecule has 0 aliphatic rings. The van der Waals surface area contributed by atoms with E-state index < -0.39 is 0 Å². The van der Waals surface area contributed by atoms with Crippen LogP contribution in [-0.4, -0.2) is 20.3 Å². The van der Waals surface area contributed by atoms with E-state index in [4.69, 9.17) is 5.73 Å². The number of nitrogens with zero attached hydrogens (tertiary/aromatic N) is 3. The minimum absolute atomic E-state index is 0.172. The van der Waals surface area contributed by atoms with Gasteiger partial charge in [-0.05, 0) is 27.2 Å². The van der Waals surface area contributed by atoms with E-state index >= 15 is 0 Å². The average Bonchev–Trinajstić information content (AvgIpc) is 2.50. The van der Waals surface area contributed by atoms with Crippen molar-refractivity contribution in [2.24, 2.45) is 5.73 Å². The highest BCUT2D eigenvalue weighted by Crippen LogP contribution is 2.16. The quantitative estimate of drug-likeness (QED) is 0.807. The first-order valence-corrected chi connectivity index (χ1v) is 5.63. The largest absolute Gasteiger partial charge is 0.325 e. The number of hydrogen-bond donors (Lipinski definition) is 1. The Kier molecular flexibility index (Phi) is 3.85. The lowest BCUT2D eigenvalue weighted by molar-refractivity contribution is 0.394. The van der Waals surface area contributed by atoms with Gasteiger partial charge in [0.15, 0.2) is 0 Å². The Balaban J connectivity index is 2.75. The van der Waals surface area contributed by atoms with Gasteiger partial charge in [0.1, 0.15) is 12.2 Å². The molecule has 4 nitrogen and oxygen atoms in total. The zero-order valence-electron chi connectivity index (χ0n) is 10.2. The molecule has 1 atom stereocenters. The van der Waals surface area contributed by atoms with E-state index in [-0.39, 0.29) is 5.54 Å². The SMILES string of the molecule is CCCC(C)(N)Cc1ncnn1C(C)C. The molecule has 1 aromatic rings. The predicted molar refractivity (Wildman–Crippen MR) is 61.6 cm³/mol. The summed E-state index contributed by atoms with van der Waals surface area (Å²) in [5.74, 6) is 0.989. The van der Waals surface area contributed by atoms with Crippen LogP contribution in [0.15, 0.2) is 6.33 Å². The Labute approximate surface area is 91.9 Å². The summed E-state index contributed by atoms with van der Waals surface area (Å²) in [6, 6.07) is 0.347. The van der Waals surface area contributed by atoms with Crippen molar-refractivity contribution in [1.29, 1.82) is 0 Å². The molecule has 1 rings (SSSR count). The second kappa shape index (κ2) is 4.75. The summed E-state index contributed by atoms with van der Waals surface area (Å²) in [4.78, 5) is 4.28. The summed E-state index contributed by atoms with van der Waals surface area (Å²) in [6.45, 7) is 8.44. The molecule has 0 saturated heterocycles. The van der Waals surface area contributed by atoms with Crippen LogP contribution >= 0.6 is 0 Å². The van der Waals surface area contributed by atoms with Crippen molar-refractivity contribution in [2.75, 3.05) is 0 Å². The van der Waals surface area contributed by atoms with E-state index in [0.717, 1.165) is 25.1 Å². The Bertz CT molecular complexity index is 301. The van der Waals surface area contributed by atoms with Gasteiger partial charge < -0.3 is 5.73 Å². The van der Waals surface area contributed by atoms with Crippen molar-refractivity contribution < 1.29 is 0 Å². The lowest BCUT2D eigenvalue weighted by atomic mass is 9.93. The first kappa shape index (κ1) is 12.2. The molecule has 4 heteroatoms. The minimum Gasteiger partial charge on any atom is -0.325 e. The normalized spacial score (nSPS) is 15.6. The highest BCUT2D eigenvalue weighted by molar-refractivity contribution is 4.96. The molecular weight excluding hydrogens is 188 g/mol. The summed E-state index contributed by atoms with van der Waals surface area (Å²) in [5.41, 5.74) is 6.03. The number of nitrogens with two attached hydrogens (primary N) is 1. The third-order valence-electron chi connectivity index (χ3n) is 2.52. The van der Waals surface area contributed by atoms with Crippen LogP contribution < -0.4 is 5.73 Å². The molecule has 0 saturated carbocycles. The van der Waals surface area contributed by atoms with Gasteiger partial charge in [0.05, 0.1) is 0 Å². The van der Waals surface area contributed by atoms with Crippen molar-refractivity contribution in [3.8, 4) is 0 Å². The minimum atomic E-state index is -0.172. The molecule has 0 amide bonds. The van der Waals surface area contributed by atoms with Crippen LogP contribution in [0.2, 0.25) is 0 Å². The van der Waals surface area contributed by atoms with E-state index in [2.05, 4.69) is 37.8 Å². The predicted octanol–water partition coefficient (Wildman–Crippen LogP) is 1.92. The van der Waals surface area contributed by atoms with Crippen molar-refractivity contribution in [3.63, 3.8) is 0 Å². The van der Waals surface area contributed by atoms with E-state index in [1.165, 1.54) is 0 Å². The Morgan fingerprint density at radius 2 is 2.20 bits per heavy atom. The standard InChI is InChI=1S/C11H22N4/c1-5-6-11(4,12)7-10-13-8-14-15(10)9(2)3/h8-9H,5-7,12H2,1-4H3. The molecule has 2 N–H and O–H groups in total. The zero-order chi connectivity index (χ0) is 11.5. The molecular formula is C11H22N4. The molecule has 0 bridgehead atoms. The molecule has 1 unspecified atom stereocenters. The van der Waals surface area contributed by atoms with Crippen molar-refractivity contribution in [3.05, 3.63) is 12.2 Å². The molecule has 0 aliphatic heterocycles. The fraction of sp³-hybridized carbons (Fsp3) is 0.818. The smallest absolute Gasteiger partial charge is 0.138 e. The maximum absolute atomic E-state index is 6.21. The Hall–Kier alpha value is -0.900. The highest BCUT2D eigenvalue weighted by Gasteiger charge is 2.21. The molecule has 0 fully saturated rings. The van der Waals surface area contributed by atoms with E-state index in [1.807, 2.05) is 4.68 Å². The maximum atomic E-state index is 6.21. The fourth-order valence-electron chi connectivity index (χ4n) is 1.85. The molecule has 0 aliphatic carbocycles. The first-order valence-electron chi connectivity index (χ1n) is 5.63. The number of aromatic nitrogens is 3. The summed E-state index contributed by atoms with van der Waals surface area (Å²) in [5, 5.41) is 4.21. The fourth-order valence-corrected chi connectivity index (χ4v) is 1.85. The van der Waals surface area contributed by atoms with Gasteiger partial charge in [0.2, 0.25) is 0 Å². The van der Waals surface area contributed by atoms with Crippen LogP contribution in [0.1, 0.15) is 52.4 Å². The molecule has 15 heavy (non-hydrogen) atoms. The first-order chi connectivity index (χ1) is 6.96. The monoisotopic (exact) mass is 210 g/mol. The van der Waals surface area contributed by atoms with Gasteiger partial charge in [-0.25, -0.2) is 9.67 Å². The van der Waals surface area contributed by atoms with Crippen molar-refractivity contribution in [2.45, 2.75) is 58.5 Å². The summed E-state index contributed by atoms with van der Waals surface area (Å²) in [6.07, 6.45) is 4.51. The molecule has 0 radical (unpaired) electrons. The number of rotatable bonds is 5. The molecule has 0 aromatic carbocycles. The Morgan fingerprint density at radius 3 is 2.73 bits per heavy atom. The van der Waals surface area contributed by atoms with Gasteiger partial charge >= 0.3 is 0 Å². The van der Waals surface area contributed by atoms with Crippen LogP contribution in [0.25, 0.3) is 0 Å². The van der Waals surface area contributed by atoms with Crippen LogP contribution in [-0.2, 0) is 6.42 Å². The van der Waals surface area contributed by atoms with Gasteiger partial charge in [0, 0.05) is 18.0 Å². The van der Waals surface area contributed by atoms with Crippen LogP contribution in [0.4, 0.5) is 0 Å². The van der Waals surface area contributed by atoms with Gasteiger partial charge in [-0.2, -0.15) is 5.10 Å². The van der Waals surface area contributed by atoms with Gasteiger partial charge in [-0.3, -0.25) is 0 Å². The Morgan fingerprint density at radius 1 is 1.53 bits per heavy atom. The van der Waals surface area contributed by atoms with Crippen LogP contribution in [0.5, 0.6) is 0 Å². The lowest BCUT2D eigenvalue weighted by Gasteiger charge is -2.24. The third kappa shape index (κ3) is 3.30. The van der Waals surface area contributed by atoms with Crippen LogP contribution in [0.3, 0.4) is 0 Å². The highest BCUT2D eigenvalue weighted by atomic mass is 15.3. The van der Waals surface area contributed by atoms with Gasteiger partial charge in [0.25, 0.3) is 0 Å². The van der Waals surface area contributed by atoms with Crippen molar-refractivity contribution >= 4 is 0 Å². The summed E-state index contributed by atoms with van der Waals surface area (Å²) in [7, 11) is 0. The molecule has 0 spiro atoms. The zero-order valence-corrected chi connectivity index (χ0v) is 10.2. The van der Waals surface area contributed by atoms with Crippen molar-refractivity contribution in [1.82, 2.24) is 14.8 Å². The van der Waals surface area contributed by atoms with Gasteiger partial charge in [-0.15, -0.1) is 0 Å². The second-order valence-corrected chi connectivity index (χ2v) is 4.80. The van der Waals surface area contributed by atoms with E-state index in [9.17, 15) is 0 Å². The van der Waals surface area contributed by atoms with Gasteiger partial charge in [-0.1, -0.05) is 13.3 Å². The van der Waals surface area contributed by atoms with E-state index in [1.54, 1.807) is 6.33 Å². The summed E-state index contributed by atoms with van der Waals surface area (Å²) >= 11 is 0. The number of hydrogen-bond acceptors (Lipinski definition) is 3. The maximum Gasteiger partial charge on any atom is 0.138 e. The lowest BCUT2D eigenvalue weighted by Crippen LogP contribution is -2.39. The summed E-state index contributed by atoms with van der Waals surface area (Å²) < 4.78 is 1.95. The molecule has 1 heterocycles. The average molecular weight is 210 g/mol. The second-order valence-electron chi connectivity index (χ2n) is 4.80. The third-order valence-corrected chi connectivity index (χ3v) is 2.52. The topological polar surface area (TPSA) is 56.7 Å². The molecule has 1 aromatic heterocycles. The molecule has 86 valence electrons. The van der Waals surface area contributed by atoms with E-state index in [0.29, 0.717) is 6.04 Å². The van der Waals surface area contributed by atoms with Crippen LogP contribution in [0, 0.1) is 0 Å².